The van der Waals surface area contributed by atoms with Crippen molar-refractivity contribution in [2.75, 3.05) is 13.1 Å². The van der Waals surface area contributed by atoms with Gasteiger partial charge in [-0.05, 0) is 25.3 Å². The van der Waals surface area contributed by atoms with E-state index in [0.29, 0.717) is 25.9 Å². The second kappa shape index (κ2) is 5.03. The van der Waals surface area contributed by atoms with Crippen molar-refractivity contribution in [3.8, 4) is 0 Å². The Hall–Kier alpha value is -1.47. The van der Waals surface area contributed by atoms with E-state index in [1.165, 1.54) is 22.5 Å². The Morgan fingerprint density at radius 3 is 2.50 bits per heavy atom. The van der Waals surface area contributed by atoms with Gasteiger partial charge in [0.15, 0.2) is 0 Å². The summed E-state index contributed by atoms with van der Waals surface area (Å²) in [5.74, 6) is 0. The van der Waals surface area contributed by atoms with Gasteiger partial charge in [-0.3, -0.25) is 10.1 Å². The van der Waals surface area contributed by atoms with Crippen LogP contribution in [0.4, 0.5) is 5.69 Å². The summed E-state index contributed by atoms with van der Waals surface area (Å²) in [7, 11) is -3.61. The van der Waals surface area contributed by atoms with E-state index in [-0.39, 0.29) is 10.6 Å². The van der Waals surface area contributed by atoms with Gasteiger partial charge in [0.25, 0.3) is 5.69 Å². The fraction of sp³-hybridized carbons (Fsp3) is 0.364. The van der Waals surface area contributed by atoms with Crippen molar-refractivity contribution in [1.29, 1.82) is 0 Å². The number of hydrogen-bond donors (Lipinski definition) is 0. The Bertz CT molecular complexity index is 550. The number of nitro benzene ring substituents is 1. The molecule has 0 amide bonds. The highest BCUT2D eigenvalue weighted by molar-refractivity contribution is 7.89. The van der Waals surface area contributed by atoms with Crippen LogP contribution in [0.5, 0.6) is 0 Å². The van der Waals surface area contributed by atoms with Gasteiger partial charge in [-0.15, -0.1) is 0 Å². The average Bonchev–Trinajstić information content (AvgIpc) is 2.40. The fourth-order valence-electron chi connectivity index (χ4n) is 1.87. The smallest absolute Gasteiger partial charge is 0.258 e. The van der Waals surface area contributed by atoms with Crippen molar-refractivity contribution >= 4 is 15.7 Å². The van der Waals surface area contributed by atoms with Crippen LogP contribution in [0.2, 0.25) is 0 Å². The predicted octanol–water partition coefficient (Wildman–Crippen LogP) is 1.58. The molecule has 1 saturated heterocycles. The lowest BCUT2D eigenvalue weighted by Crippen LogP contribution is -2.35. The molecule has 1 aliphatic rings. The third kappa shape index (κ3) is 2.51. The standard InChI is InChI=1S/C11H13N2O4S/c14-13(15)10-5-4-6-11(9-10)18(16,17)12-7-2-1-3-8-12/h1,4-6,9H,2-3,7-8H2. The van der Waals surface area contributed by atoms with Gasteiger partial charge in [0.1, 0.15) is 0 Å². The highest BCUT2D eigenvalue weighted by Crippen LogP contribution is 2.23. The van der Waals surface area contributed by atoms with Gasteiger partial charge < -0.3 is 0 Å². The van der Waals surface area contributed by atoms with E-state index in [9.17, 15) is 18.5 Å². The van der Waals surface area contributed by atoms with Crippen LogP contribution in [-0.2, 0) is 10.0 Å². The molecule has 97 valence electrons. The summed E-state index contributed by atoms with van der Waals surface area (Å²) in [6.45, 7) is 0.871. The first-order chi connectivity index (χ1) is 8.51. The molecular formula is C11H13N2O4S. The third-order valence-electron chi connectivity index (χ3n) is 2.83. The zero-order valence-corrected chi connectivity index (χ0v) is 10.5. The van der Waals surface area contributed by atoms with Gasteiger partial charge in [0.2, 0.25) is 10.0 Å². The molecule has 1 fully saturated rings. The number of hydrogen-bond acceptors (Lipinski definition) is 4. The SMILES string of the molecule is O=[N+]([O-])c1cccc(S(=O)(=O)N2CC[CH]CC2)c1. The second-order valence-corrected chi connectivity index (χ2v) is 5.96. The van der Waals surface area contributed by atoms with Crippen molar-refractivity contribution in [1.82, 2.24) is 4.31 Å². The van der Waals surface area contributed by atoms with Crippen molar-refractivity contribution in [2.45, 2.75) is 17.7 Å². The molecule has 0 aromatic heterocycles. The predicted molar refractivity (Wildman–Crippen MR) is 65.4 cm³/mol. The summed E-state index contributed by atoms with van der Waals surface area (Å²) >= 11 is 0. The van der Waals surface area contributed by atoms with Crippen LogP contribution in [0, 0.1) is 16.5 Å². The van der Waals surface area contributed by atoms with Crippen molar-refractivity contribution in [3.63, 3.8) is 0 Å². The van der Waals surface area contributed by atoms with Gasteiger partial charge >= 0.3 is 0 Å². The molecule has 2 rings (SSSR count). The largest absolute Gasteiger partial charge is 0.270 e. The molecule has 0 saturated carbocycles. The number of rotatable bonds is 3. The molecule has 1 aliphatic heterocycles. The van der Waals surface area contributed by atoms with Gasteiger partial charge in [0.05, 0.1) is 9.82 Å². The maximum Gasteiger partial charge on any atom is 0.270 e. The number of benzene rings is 1. The van der Waals surface area contributed by atoms with Crippen LogP contribution in [0.15, 0.2) is 29.2 Å². The summed E-state index contributed by atoms with van der Waals surface area (Å²) in [6.07, 6.45) is 3.47. The van der Waals surface area contributed by atoms with Crippen molar-refractivity contribution in [3.05, 3.63) is 40.8 Å². The first kappa shape index (κ1) is 13.0. The highest BCUT2D eigenvalue weighted by Gasteiger charge is 2.27. The molecule has 0 spiro atoms. The van der Waals surface area contributed by atoms with E-state index in [1.54, 1.807) is 0 Å². The lowest BCUT2D eigenvalue weighted by atomic mass is 10.2. The Morgan fingerprint density at radius 2 is 1.89 bits per heavy atom. The van der Waals surface area contributed by atoms with Crippen LogP contribution in [0.1, 0.15) is 12.8 Å². The Morgan fingerprint density at radius 1 is 1.22 bits per heavy atom. The maximum absolute atomic E-state index is 12.3. The van der Waals surface area contributed by atoms with Crippen LogP contribution in [-0.4, -0.2) is 30.7 Å². The molecule has 1 aromatic carbocycles. The van der Waals surface area contributed by atoms with Gasteiger partial charge in [-0.25, -0.2) is 8.42 Å². The van der Waals surface area contributed by atoms with Crippen LogP contribution in [0.25, 0.3) is 0 Å². The monoisotopic (exact) mass is 269 g/mol. The molecule has 0 N–H and O–H groups in total. The molecule has 0 unspecified atom stereocenters. The number of piperidine rings is 1. The highest BCUT2D eigenvalue weighted by atomic mass is 32.2. The van der Waals surface area contributed by atoms with Gasteiger partial charge in [-0.1, -0.05) is 6.07 Å². The number of nitrogens with zero attached hydrogens (tertiary/aromatic N) is 2. The molecule has 6 nitrogen and oxygen atoms in total. The molecule has 0 atom stereocenters. The van der Waals surface area contributed by atoms with E-state index in [4.69, 9.17) is 0 Å². The molecular weight excluding hydrogens is 256 g/mol. The van der Waals surface area contributed by atoms with E-state index >= 15 is 0 Å². The first-order valence-electron chi connectivity index (χ1n) is 5.58. The minimum Gasteiger partial charge on any atom is -0.258 e. The summed E-state index contributed by atoms with van der Waals surface area (Å²) in [5.41, 5.74) is -0.209. The molecule has 0 bridgehead atoms. The topological polar surface area (TPSA) is 80.5 Å². The zero-order valence-electron chi connectivity index (χ0n) is 9.65. The van der Waals surface area contributed by atoms with Gasteiger partial charge in [-0.2, -0.15) is 4.31 Å². The molecule has 1 heterocycles. The summed E-state index contributed by atoms with van der Waals surface area (Å²) < 4.78 is 25.9. The molecule has 0 aliphatic carbocycles. The van der Waals surface area contributed by atoms with E-state index in [2.05, 4.69) is 0 Å². The number of nitro groups is 1. The van der Waals surface area contributed by atoms with Crippen LogP contribution >= 0.6 is 0 Å². The van der Waals surface area contributed by atoms with E-state index in [0.717, 1.165) is 6.07 Å². The lowest BCUT2D eigenvalue weighted by molar-refractivity contribution is -0.385. The lowest BCUT2D eigenvalue weighted by Gasteiger charge is -2.25. The third-order valence-corrected chi connectivity index (χ3v) is 4.73. The van der Waals surface area contributed by atoms with Crippen molar-refractivity contribution < 1.29 is 13.3 Å². The Balaban J connectivity index is 2.34. The second-order valence-electron chi connectivity index (χ2n) is 4.02. The summed E-state index contributed by atoms with van der Waals surface area (Å²) in [6, 6.07) is 5.17. The molecule has 1 aromatic rings. The Labute approximate surface area is 105 Å². The van der Waals surface area contributed by atoms with E-state index in [1.807, 2.05) is 6.42 Å². The first-order valence-corrected chi connectivity index (χ1v) is 7.02. The molecule has 7 heteroatoms. The van der Waals surface area contributed by atoms with Crippen LogP contribution < -0.4 is 0 Å². The number of non-ortho nitro benzene ring substituents is 1. The van der Waals surface area contributed by atoms with E-state index < -0.39 is 14.9 Å². The van der Waals surface area contributed by atoms with Crippen LogP contribution in [0.3, 0.4) is 0 Å². The summed E-state index contributed by atoms with van der Waals surface area (Å²) in [5, 5.41) is 10.6. The Kier molecular flexibility index (Phi) is 3.63. The minimum absolute atomic E-state index is 0.0152. The molecule has 1 radical (unpaired) electrons. The normalized spacial score (nSPS) is 17.6. The molecule has 18 heavy (non-hydrogen) atoms. The van der Waals surface area contributed by atoms with Crippen molar-refractivity contribution in [2.24, 2.45) is 0 Å². The quantitative estimate of drug-likeness (QED) is 0.616. The zero-order chi connectivity index (χ0) is 13.2. The average molecular weight is 269 g/mol. The number of sulfonamides is 1. The fourth-order valence-corrected chi connectivity index (χ4v) is 3.38. The summed E-state index contributed by atoms with van der Waals surface area (Å²) in [4.78, 5) is 10.0. The maximum atomic E-state index is 12.3. The van der Waals surface area contributed by atoms with Gasteiger partial charge in [0, 0.05) is 25.2 Å². The minimum atomic E-state index is -3.61.